The highest BCUT2D eigenvalue weighted by molar-refractivity contribution is 7.12. The molecule has 0 amide bonds. The third-order valence-electron chi connectivity index (χ3n) is 2.14. The highest BCUT2D eigenvalue weighted by Crippen LogP contribution is 2.25. The average molecular weight is 208 g/mol. The fourth-order valence-corrected chi connectivity index (χ4v) is 2.49. The Morgan fingerprint density at radius 3 is 2.79 bits per heavy atom. The molecule has 0 spiro atoms. The number of rotatable bonds is 4. The summed E-state index contributed by atoms with van der Waals surface area (Å²) in [6.45, 7) is 5.37. The van der Waals surface area contributed by atoms with Crippen LogP contribution in [0.25, 0.3) is 0 Å². The van der Waals surface area contributed by atoms with Crippen molar-refractivity contribution < 1.29 is 0 Å². The first-order valence-electron chi connectivity index (χ1n) is 4.63. The van der Waals surface area contributed by atoms with Crippen LogP contribution >= 0.6 is 11.3 Å². The summed E-state index contributed by atoms with van der Waals surface area (Å²) in [5, 5.41) is 3.24. The smallest absolute Gasteiger partial charge is 0.0578 e. The van der Waals surface area contributed by atoms with Crippen molar-refractivity contribution in [2.24, 2.45) is 5.73 Å². The second-order valence-corrected chi connectivity index (χ2v) is 4.70. The summed E-state index contributed by atoms with van der Waals surface area (Å²) in [5.74, 6) is 2.57. The van der Waals surface area contributed by atoms with Crippen LogP contribution in [0, 0.1) is 26.2 Å². The normalized spacial score (nSPS) is 12.4. The van der Waals surface area contributed by atoms with Gasteiger partial charge in [-0.2, -0.15) is 0 Å². The van der Waals surface area contributed by atoms with E-state index in [1.54, 1.807) is 11.3 Å². The van der Waals surface area contributed by atoms with Crippen molar-refractivity contribution in [1.82, 2.24) is 5.32 Å². The summed E-state index contributed by atoms with van der Waals surface area (Å²) in [4.78, 5) is 2.64. The maximum absolute atomic E-state index is 5.70. The van der Waals surface area contributed by atoms with Crippen LogP contribution in [0.3, 0.4) is 0 Å². The molecule has 0 aliphatic rings. The van der Waals surface area contributed by atoms with E-state index in [0.717, 1.165) is 0 Å². The molecular weight excluding hydrogens is 192 g/mol. The lowest BCUT2D eigenvalue weighted by molar-refractivity contribution is 0.581. The minimum Gasteiger partial charge on any atom is -0.329 e. The lowest BCUT2D eigenvalue weighted by Gasteiger charge is -2.14. The van der Waals surface area contributed by atoms with Crippen molar-refractivity contribution in [2.75, 3.05) is 13.1 Å². The summed E-state index contributed by atoms with van der Waals surface area (Å²) < 4.78 is 0. The topological polar surface area (TPSA) is 38.0 Å². The second-order valence-electron chi connectivity index (χ2n) is 3.24. The zero-order valence-electron chi connectivity index (χ0n) is 8.63. The van der Waals surface area contributed by atoms with E-state index in [1.807, 2.05) is 0 Å². The minimum absolute atomic E-state index is 0.191. The summed E-state index contributed by atoms with van der Waals surface area (Å²) in [7, 11) is 0. The fraction of sp³-hybridized carbons (Fsp3) is 0.455. The van der Waals surface area contributed by atoms with Gasteiger partial charge in [-0.05, 0) is 25.5 Å². The first-order chi connectivity index (χ1) is 6.69. The van der Waals surface area contributed by atoms with E-state index in [1.165, 1.54) is 15.3 Å². The minimum atomic E-state index is 0.191. The van der Waals surface area contributed by atoms with Crippen LogP contribution in [0.5, 0.6) is 0 Å². The van der Waals surface area contributed by atoms with Crippen molar-refractivity contribution in [1.29, 1.82) is 0 Å². The molecule has 14 heavy (non-hydrogen) atoms. The third-order valence-corrected chi connectivity index (χ3v) is 3.12. The molecule has 3 N–H and O–H groups in total. The quantitative estimate of drug-likeness (QED) is 0.737. The summed E-state index contributed by atoms with van der Waals surface area (Å²) in [5.41, 5.74) is 6.98. The lowest BCUT2D eigenvalue weighted by atomic mass is 10.1. The van der Waals surface area contributed by atoms with E-state index in [2.05, 4.69) is 31.2 Å². The second kappa shape index (κ2) is 5.16. The Morgan fingerprint density at radius 2 is 2.36 bits per heavy atom. The maximum Gasteiger partial charge on any atom is 0.0578 e. The Labute approximate surface area is 89.5 Å². The number of aryl methyl sites for hydroxylation is 2. The Hall–Kier alpha value is -0.820. The molecule has 76 valence electrons. The standard InChI is InChI=1S/C11H16N2S/c1-4-5-13-11(7-12)10-6-8(2)14-9(10)3/h1,6,11,13H,5,7,12H2,2-3H3. The molecule has 0 aromatic carbocycles. The number of nitrogens with two attached hydrogens (primary N) is 1. The number of terminal acetylenes is 1. The van der Waals surface area contributed by atoms with Crippen molar-refractivity contribution >= 4 is 11.3 Å². The molecule has 3 heteroatoms. The van der Waals surface area contributed by atoms with Crippen LogP contribution < -0.4 is 11.1 Å². The SMILES string of the molecule is C#CCNC(CN)c1cc(C)sc1C. The maximum atomic E-state index is 5.70. The van der Waals surface area contributed by atoms with E-state index in [-0.39, 0.29) is 6.04 Å². The zero-order valence-corrected chi connectivity index (χ0v) is 9.45. The van der Waals surface area contributed by atoms with Gasteiger partial charge in [-0.1, -0.05) is 5.92 Å². The van der Waals surface area contributed by atoms with Gasteiger partial charge in [-0.15, -0.1) is 17.8 Å². The monoisotopic (exact) mass is 208 g/mol. The van der Waals surface area contributed by atoms with Gasteiger partial charge >= 0.3 is 0 Å². The number of thiophene rings is 1. The third kappa shape index (κ3) is 2.58. The highest BCUT2D eigenvalue weighted by atomic mass is 32.1. The molecule has 0 radical (unpaired) electrons. The summed E-state index contributed by atoms with van der Waals surface area (Å²) >= 11 is 1.80. The molecule has 1 unspecified atom stereocenters. The van der Waals surface area contributed by atoms with Crippen LogP contribution in [-0.4, -0.2) is 13.1 Å². The molecule has 1 atom stereocenters. The van der Waals surface area contributed by atoms with Gasteiger partial charge in [-0.25, -0.2) is 0 Å². The Bertz CT molecular complexity index is 336. The van der Waals surface area contributed by atoms with Crippen LogP contribution in [0.2, 0.25) is 0 Å². The van der Waals surface area contributed by atoms with E-state index in [9.17, 15) is 0 Å². The number of hydrogen-bond acceptors (Lipinski definition) is 3. The Balaban J connectivity index is 2.79. The van der Waals surface area contributed by atoms with Crippen molar-refractivity contribution in [2.45, 2.75) is 19.9 Å². The number of hydrogen-bond donors (Lipinski definition) is 2. The fourth-order valence-electron chi connectivity index (χ4n) is 1.50. The van der Waals surface area contributed by atoms with E-state index < -0.39 is 0 Å². The van der Waals surface area contributed by atoms with Crippen LogP contribution in [0.1, 0.15) is 21.4 Å². The Morgan fingerprint density at radius 1 is 1.64 bits per heavy atom. The first kappa shape index (κ1) is 11.3. The molecule has 0 saturated heterocycles. The van der Waals surface area contributed by atoms with Gasteiger partial charge in [0, 0.05) is 22.3 Å². The van der Waals surface area contributed by atoms with Gasteiger partial charge in [0.05, 0.1) is 6.54 Å². The predicted molar refractivity (Wildman–Crippen MR) is 62.4 cm³/mol. The molecule has 1 rings (SSSR count). The predicted octanol–water partition coefficient (Wildman–Crippen LogP) is 1.59. The van der Waals surface area contributed by atoms with Gasteiger partial charge in [0.15, 0.2) is 0 Å². The van der Waals surface area contributed by atoms with Crippen LogP contribution in [0.4, 0.5) is 0 Å². The lowest BCUT2D eigenvalue weighted by Crippen LogP contribution is -2.28. The molecule has 1 aromatic heterocycles. The average Bonchev–Trinajstić information content (AvgIpc) is 2.47. The summed E-state index contributed by atoms with van der Waals surface area (Å²) in [6.07, 6.45) is 5.20. The molecule has 1 heterocycles. The van der Waals surface area contributed by atoms with Crippen molar-refractivity contribution in [3.8, 4) is 12.3 Å². The Kier molecular flexibility index (Phi) is 4.15. The van der Waals surface area contributed by atoms with E-state index in [0.29, 0.717) is 13.1 Å². The molecule has 0 fully saturated rings. The van der Waals surface area contributed by atoms with E-state index in [4.69, 9.17) is 12.2 Å². The van der Waals surface area contributed by atoms with Crippen molar-refractivity contribution in [3.63, 3.8) is 0 Å². The number of nitrogens with one attached hydrogen (secondary N) is 1. The van der Waals surface area contributed by atoms with Crippen LogP contribution in [0.15, 0.2) is 6.07 Å². The van der Waals surface area contributed by atoms with Crippen LogP contribution in [-0.2, 0) is 0 Å². The van der Waals surface area contributed by atoms with Crippen molar-refractivity contribution in [3.05, 3.63) is 21.4 Å². The highest BCUT2D eigenvalue weighted by Gasteiger charge is 2.12. The largest absolute Gasteiger partial charge is 0.329 e. The summed E-state index contributed by atoms with van der Waals surface area (Å²) in [6, 6.07) is 2.37. The molecule has 0 aliphatic heterocycles. The molecule has 0 aliphatic carbocycles. The first-order valence-corrected chi connectivity index (χ1v) is 5.44. The molecule has 2 nitrogen and oxygen atoms in total. The molecule has 0 bridgehead atoms. The zero-order chi connectivity index (χ0) is 10.6. The van der Waals surface area contributed by atoms with Gasteiger partial charge in [0.1, 0.15) is 0 Å². The molecule has 0 saturated carbocycles. The molecule has 1 aromatic rings. The van der Waals surface area contributed by atoms with Gasteiger partial charge in [0.2, 0.25) is 0 Å². The molecular formula is C11H16N2S. The van der Waals surface area contributed by atoms with Gasteiger partial charge in [-0.3, -0.25) is 5.32 Å². The van der Waals surface area contributed by atoms with E-state index >= 15 is 0 Å². The van der Waals surface area contributed by atoms with Gasteiger partial charge < -0.3 is 5.73 Å². The van der Waals surface area contributed by atoms with Gasteiger partial charge in [0.25, 0.3) is 0 Å².